The average Bonchev–Trinajstić information content (AvgIpc) is 2.77. The van der Waals surface area contributed by atoms with Crippen molar-refractivity contribution < 1.29 is 9.53 Å². The van der Waals surface area contributed by atoms with Gasteiger partial charge in [0.2, 0.25) is 5.91 Å². The summed E-state index contributed by atoms with van der Waals surface area (Å²) in [7, 11) is 0. The molecule has 3 aromatic carbocycles. The van der Waals surface area contributed by atoms with Crippen molar-refractivity contribution in [3.05, 3.63) is 109 Å². The molecule has 1 amide bonds. The summed E-state index contributed by atoms with van der Waals surface area (Å²) in [5.41, 5.74) is 1.77. The van der Waals surface area contributed by atoms with E-state index in [1.165, 1.54) is 0 Å². The Balaban J connectivity index is 1.64. The van der Waals surface area contributed by atoms with Gasteiger partial charge >= 0.3 is 0 Å². The van der Waals surface area contributed by atoms with Crippen molar-refractivity contribution in [3.8, 4) is 5.75 Å². The molecule has 0 aromatic heterocycles. The van der Waals surface area contributed by atoms with Gasteiger partial charge in [-0.2, -0.15) is 11.8 Å². The van der Waals surface area contributed by atoms with Crippen LogP contribution in [0.1, 0.15) is 17.5 Å². The molecule has 1 fully saturated rings. The second-order valence-electron chi connectivity index (χ2n) is 7.39. The predicted octanol–water partition coefficient (Wildman–Crippen LogP) is 5.68. The molecule has 0 bridgehead atoms. The Morgan fingerprint density at radius 3 is 2.00 bits per heavy atom. The van der Waals surface area contributed by atoms with Gasteiger partial charge in [0.05, 0.1) is 0 Å². The van der Waals surface area contributed by atoms with Crippen molar-refractivity contribution in [1.82, 2.24) is 0 Å². The number of ether oxygens (including phenoxy) is 1. The zero-order chi connectivity index (χ0) is 20.8. The second-order valence-corrected chi connectivity index (χ2v) is 8.46. The minimum Gasteiger partial charge on any atom is -0.489 e. The first-order valence-electron chi connectivity index (χ1n) is 10.1. The molecule has 1 N–H and O–H groups in total. The summed E-state index contributed by atoms with van der Waals surface area (Å²) in [6, 6.07) is 27.4. The summed E-state index contributed by atoms with van der Waals surface area (Å²) < 4.78 is 5.91. The molecule has 0 atom stereocenters. The van der Waals surface area contributed by atoms with Crippen LogP contribution in [0, 0.1) is 0 Å². The highest BCUT2D eigenvalue weighted by Crippen LogP contribution is 2.37. The topological polar surface area (TPSA) is 38.3 Å². The third kappa shape index (κ3) is 4.14. The molecule has 0 radical (unpaired) electrons. The lowest BCUT2D eigenvalue weighted by atomic mass is 9.71. The van der Waals surface area contributed by atoms with Gasteiger partial charge in [0.15, 0.2) is 0 Å². The summed E-state index contributed by atoms with van der Waals surface area (Å²) in [6.07, 6.45) is 2.60. The Morgan fingerprint density at radius 1 is 0.967 bits per heavy atom. The number of anilines is 1. The maximum Gasteiger partial charge on any atom is 0.239 e. The SMILES string of the molecule is C=CCC(C(=O)Nc1ccc(OC2CSC2)cc1)(c1ccccc1)c1ccccc1. The fourth-order valence-corrected chi connectivity index (χ4v) is 4.31. The predicted molar refractivity (Wildman–Crippen MR) is 125 cm³/mol. The van der Waals surface area contributed by atoms with E-state index in [-0.39, 0.29) is 5.91 Å². The molecule has 1 aliphatic heterocycles. The Labute approximate surface area is 182 Å². The lowest BCUT2D eigenvalue weighted by Gasteiger charge is -2.33. The Kier molecular flexibility index (Phi) is 6.24. The molecule has 3 aromatic rings. The van der Waals surface area contributed by atoms with E-state index < -0.39 is 5.41 Å². The van der Waals surface area contributed by atoms with E-state index in [4.69, 9.17) is 4.74 Å². The molecule has 0 spiro atoms. The molecule has 4 rings (SSSR count). The van der Waals surface area contributed by atoms with E-state index >= 15 is 0 Å². The van der Waals surface area contributed by atoms with Gasteiger partial charge in [-0.15, -0.1) is 6.58 Å². The standard InChI is InChI=1S/C26H25NO2S/c1-2-17-26(20-9-5-3-6-10-20,21-11-7-4-8-12-21)25(28)27-22-13-15-23(16-14-22)29-24-18-30-19-24/h2-16,24H,1,17-19H2,(H,27,28). The van der Waals surface area contributed by atoms with Crippen LogP contribution in [0.25, 0.3) is 0 Å². The first-order chi connectivity index (χ1) is 14.7. The monoisotopic (exact) mass is 415 g/mol. The van der Waals surface area contributed by atoms with E-state index in [1.54, 1.807) is 0 Å². The average molecular weight is 416 g/mol. The quantitative estimate of drug-likeness (QED) is 0.481. The summed E-state index contributed by atoms with van der Waals surface area (Å²) in [5, 5.41) is 3.13. The van der Waals surface area contributed by atoms with Gasteiger partial charge in [-0.25, -0.2) is 0 Å². The van der Waals surface area contributed by atoms with Crippen LogP contribution in [0.15, 0.2) is 97.6 Å². The third-order valence-corrected chi connectivity index (χ3v) is 6.61. The highest BCUT2D eigenvalue weighted by molar-refractivity contribution is 8.00. The summed E-state index contributed by atoms with van der Waals surface area (Å²) in [4.78, 5) is 13.8. The number of carbonyl (C=O) groups excluding carboxylic acids is 1. The number of rotatable bonds is 8. The van der Waals surface area contributed by atoms with Crippen molar-refractivity contribution in [1.29, 1.82) is 0 Å². The number of hydrogen-bond acceptors (Lipinski definition) is 3. The molecular weight excluding hydrogens is 390 g/mol. The highest BCUT2D eigenvalue weighted by atomic mass is 32.2. The normalized spacial score (nSPS) is 13.9. The maximum atomic E-state index is 13.8. The highest BCUT2D eigenvalue weighted by Gasteiger charge is 2.40. The Bertz CT molecular complexity index is 943. The van der Waals surface area contributed by atoms with Crippen molar-refractivity contribution in [3.63, 3.8) is 0 Å². The summed E-state index contributed by atoms with van der Waals surface area (Å²) in [6.45, 7) is 3.94. The van der Waals surface area contributed by atoms with E-state index in [0.717, 1.165) is 34.1 Å². The lowest BCUT2D eigenvalue weighted by Crippen LogP contribution is -2.41. The smallest absolute Gasteiger partial charge is 0.239 e. The Hall–Kier alpha value is -2.98. The fourth-order valence-electron chi connectivity index (χ4n) is 3.75. The summed E-state index contributed by atoms with van der Waals surface area (Å²) >= 11 is 1.89. The van der Waals surface area contributed by atoms with Gasteiger partial charge in [0, 0.05) is 17.2 Å². The Morgan fingerprint density at radius 2 is 1.53 bits per heavy atom. The molecule has 0 saturated carbocycles. The molecule has 4 heteroatoms. The van der Waals surface area contributed by atoms with Crippen LogP contribution >= 0.6 is 11.8 Å². The molecule has 1 aliphatic rings. The number of nitrogens with one attached hydrogen (secondary N) is 1. The zero-order valence-corrected chi connectivity index (χ0v) is 17.6. The molecular formula is C26H25NO2S. The van der Waals surface area contributed by atoms with E-state index in [0.29, 0.717) is 12.5 Å². The largest absolute Gasteiger partial charge is 0.489 e. The van der Waals surface area contributed by atoms with Gasteiger partial charge in [0.1, 0.15) is 17.3 Å². The first-order valence-corrected chi connectivity index (χ1v) is 11.3. The number of thioether (sulfide) groups is 1. The molecule has 0 aliphatic carbocycles. The number of benzene rings is 3. The van der Waals surface area contributed by atoms with Crippen LogP contribution in [0.2, 0.25) is 0 Å². The van der Waals surface area contributed by atoms with Crippen LogP contribution in [-0.4, -0.2) is 23.5 Å². The minimum absolute atomic E-state index is 0.0798. The van der Waals surface area contributed by atoms with Gasteiger partial charge in [0.25, 0.3) is 0 Å². The fraction of sp³-hybridized carbons (Fsp3) is 0.192. The molecule has 1 saturated heterocycles. The van der Waals surface area contributed by atoms with Crippen LogP contribution in [0.4, 0.5) is 5.69 Å². The van der Waals surface area contributed by atoms with E-state index in [9.17, 15) is 4.79 Å². The minimum atomic E-state index is -0.859. The van der Waals surface area contributed by atoms with Gasteiger partial charge in [-0.05, 0) is 41.8 Å². The van der Waals surface area contributed by atoms with Crippen LogP contribution in [0.5, 0.6) is 5.75 Å². The number of hydrogen-bond donors (Lipinski definition) is 1. The van der Waals surface area contributed by atoms with Gasteiger partial charge in [-0.1, -0.05) is 66.7 Å². The zero-order valence-electron chi connectivity index (χ0n) is 16.8. The number of amides is 1. The lowest BCUT2D eigenvalue weighted by molar-refractivity contribution is -0.120. The van der Waals surface area contributed by atoms with Crippen molar-refractivity contribution in [2.45, 2.75) is 17.9 Å². The molecule has 30 heavy (non-hydrogen) atoms. The van der Waals surface area contributed by atoms with Crippen LogP contribution < -0.4 is 10.1 Å². The first kappa shape index (κ1) is 20.3. The van der Waals surface area contributed by atoms with Crippen LogP contribution in [-0.2, 0) is 10.2 Å². The van der Waals surface area contributed by atoms with Crippen molar-refractivity contribution in [2.75, 3.05) is 16.8 Å². The second kappa shape index (κ2) is 9.23. The molecule has 0 unspecified atom stereocenters. The maximum absolute atomic E-state index is 13.8. The van der Waals surface area contributed by atoms with Crippen molar-refractivity contribution in [2.24, 2.45) is 0 Å². The summed E-state index contributed by atoms with van der Waals surface area (Å²) in [5.74, 6) is 2.83. The third-order valence-electron chi connectivity index (χ3n) is 5.39. The number of carbonyl (C=O) groups is 1. The molecule has 1 heterocycles. The van der Waals surface area contributed by atoms with Crippen LogP contribution in [0.3, 0.4) is 0 Å². The molecule has 3 nitrogen and oxygen atoms in total. The van der Waals surface area contributed by atoms with E-state index in [2.05, 4.69) is 11.9 Å². The number of allylic oxidation sites excluding steroid dienone is 1. The molecule has 152 valence electrons. The van der Waals surface area contributed by atoms with Gasteiger partial charge in [-0.3, -0.25) is 4.79 Å². The van der Waals surface area contributed by atoms with Crippen molar-refractivity contribution >= 4 is 23.4 Å². The van der Waals surface area contributed by atoms with Gasteiger partial charge < -0.3 is 10.1 Å². The van der Waals surface area contributed by atoms with E-state index in [1.807, 2.05) is 103 Å².